The Hall–Kier alpha value is -2.31. The smallest absolute Gasteiger partial charge is 0.303 e. The van der Waals surface area contributed by atoms with Crippen LogP contribution >= 0.6 is 162 Å². The zero-order valence-corrected chi connectivity index (χ0v) is 50.4. The van der Waals surface area contributed by atoms with E-state index in [4.69, 9.17) is 215 Å². The fourth-order valence-electron chi connectivity index (χ4n) is 7.64. The van der Waals surface area contributed by atoms with E-state index in [0.29, 0.717) is 0 Å². The molecule has 0 unspecified atom stereocenters. The Kier molecular flexibility index (Phi) is 23.5. The lowest BCUT2D eigenvalue weighted by molar-refractivity contribution is -0.354. The predicted molar refractivity (Wildman–Crippen MR) is 284 cm³/mol. The van der Waals surface area contributed by atoms with Gasteiger partial charge in [0.25, 0.3) is 0 Å². The minimum Gasteiger partial charge on any atom is -0.463 e. The van der Waals surface area contributed by atoms with Crippen LogP contribution in [0.25, 0.3) is 0 Å². The summed E-state index contributed by atoms with van der Waals surface area (Å²) in [5.41, 5.74) is -0.958. The Morgan fingerprint density at radius 3 is 0.961 bits per heavy atom. The lowest BCUT2D eigenvalue weighted by Crippen LogP contribution is -2.67. The highest BCUT2D eigenvalue weighted by molar-refractivity contribution is 6.58. The molecule has 32 heteroatoms. The van der Waals surface area contributed by atoms with Gasteiger partial charge in [-0.15, -0.1) is 0 Å². The van der Waals surface area contributed by atoms with E-state index in [9.17, 15) is 33.6 Å². The fourth-order valence-corrected chi connectivity index (χ4v) is 11.4. The summed E-state index contributed by atoms with van der Waals surface area (Å²) in [5.74, 6) is -7.80. The summed E-state index contributed by atoms with van der Waals surface area (Å²) in [7, 11) is 0. The van der Waals surface area contributed by atoms with Gasteiger partial charge >= 0.3 is 41.8 Å². The van der Waals surface area contributed by atoms with Crippen molar-refractivity contribution in [2.75, 3.05) is 13.2 Å². The molecule has 0 saturated carbocycles. The maximum absolute atomic E-state index is 13.1. The summed E-state index contributed by atoms with van der Waals surface area (Å²) in [5, 5.41) is -5.83. The van der Waals surface area contributed by atoms with Gasteiger partial charge in [-0.05, 0) is 0 Å². The zero-order valence-electron chi connectivity index (χ0n) is 39.8. The molecule has 0 aliphatic carbocycles. The van der Waals surface area contributed by atoms with E-state index in [2.05, 4.69) is 0 Å². The van der Waals surface area contributed by atoms with Crippen LogP contribution in [0.1, 0.15) is 65.2 Å². The van der Waals surface area contributed by atoms with Crippen molar-refractivity contribution in [3.8, 4) is 5.75 Å². The van der Waals surface area contributed by atoms with Crippen molar-refractivity contribution in [1.29, 1.82) is 0 Å². The highest BCUT2D eigenvalue weighted by atomic mass is 35.5. The minimum absolute atomic E-state index is 0.285. The summed E-state index contributed by atoms with van der Waals surface area (Å²) in [6.07, 6.45) is -18.5. The van der Waals surface area contributed by atoms with Crippen LogP contribution in [-0.4, -0.2) is 116 Å². The van der Waals surface area contributed by atoms with Gasteiger partial charge < -0.3 is 52.1 Å². The van der Waals surface area contributed by atoms with Gasteiger partial charge in [-0.2, -0.15) is 0 Å². The van der Waals surface area contributed by atoms with E-state index in [0.717, 1.165) is 48.5 Å². The average Bonchev–Trinajstić information content (AvgIpc) is 3.34. The maximum atomic E-state index is 13.1. The number of rotatable bonds is 16. The van der Waals surface area contributed by atoms with Crippen LogP contribution in [0.2, 0.25) is 70.3 Å². The van der Waals surface area contributed by atoms with E-state index in [-0.39, 0.29) is 72.8 Å². The van der Waals surface area contributed by atoms with Crippen molar-refractivity contribution in [3.63, 3.8) is 0 Å². The van der Waals surface area contributed by atoms with Crippen molar-refractivity contribution in [2.24, 2.45) is 0 Å². The van der Waals surface area contributed by atoms with Gasteiger partial charge in [0.05, 0.1) is 66.2 Å². The van der Waals surface area contributed by atoms with E-state index in [1.807, 2.05) is 0 Å². The van der Waals surface area contributed by atoms with Gasteiger partial charge in [0.1, 0.15) is 41.6 Å². The van der Waals surface area contributed by atoms with Crippen LogP contribution in [0.4, 0.5) is 0 Å². The highest BCUT2D eigenvalue weighted by Gasteiger charge is 2.58. The molecule has 2 aliphatic rings. The first-order valence-corrected chi connectivity index (χ1v) is 26.6. The van der Waals surface area contributed by atoms with Crippen molar-refractivity contribution >= 4 is 204 Å². The van der Waals surface area contributed by atoms with Crippen molar-refractivity contribution < 1.29 is 85.7 Å². The van der Waals surface area contributed by atoms with Crippen molar-refractivity contribution in [1.82, 2.24) is 0 Å². The number of benzene rings is 3. The van der Waals surface area contributed by atoms with Crippen molar-refractivity contribution in [3.05, 3.63) is 92.9 Å². The third-order valence-corrected chi connectivity index (χ3v) is 16.7. The van der Waals surface area contributed by atoms with Gasteiger partial charge in [-0.1, -0.05) is 162 Å². The van der Waals surface area contributed by atoms with Crippen molar-refractivity contribution in [2.45, 2.75) is 110 Å². The second-order valence-electron chi connectivity index (χ2n) is 16.0. The number of hydrogen-bond donors (Lipinski definition) is 0. The summed E-state index contributed by atoms with van der Waals surface area (Å²) in [6, 6.07) is 0. The first kappa shape index (κ1) is 65.5. The maximum Gasteiger partial charge on any atom is 0.303 e. The highest BCUT2D eigenvalue weighted by Crippen LogP contribution is 2.59. The van der Waals surface area contributed by atoms with E-state index < -0.39 is 142 Å². The molecule has 3 aromatic carbocycles. The van der Waals surface area contributed by atoms with Gasteiger partial charge in [0.2, 0.25) is 12.4 Å². The summed E-state index contributed by atoms with van der Waals surface area (Å²) >= 11 is 94.5. The SMILES string of the molecule is CC(=O)OC[C@H]1O[C@H](O[C@H]2[C@H](OC(C)=O)[C@@H](OC(C)=O)[C@H](Oc3c(Cl)c(Cl)c([C](c4c(Cl)c(Cl)c(Cl)c(Cl)c4Cl)c4c(Cl)c(Cl)c(Cl)c(Cl)c4Cl)c(Cl)c3Cl)O[C@@H]2COC(C)=O)[C@H](OC(C)=O)[C@@H](OC(C)=O)[C@@H]1OC(C)=O. The Bertz CT molecular complexity index is 2720. The molecule has 0 amide bonds. The third-order valence-electron chi connectivity index (χ3n) is 10.5. The molecule has 0 N–H and O–H groups in total. The monoisotopic (exact) mass is 1350 g/mol. The molecule has 2 fully saturated rings. The van der Waals surface area contributed by atoms with E-state index in [1.165, 1.54) is 0 Å². The summed E-state index contributed by atoms with van der Waals surface area (Å²) in [4.78, 5) is 88.3. The Balaban J connectivity index is 1.75. The van der Waals surface area contributed by atoms with Crippen LogP contribution in [0, 0.1) is 5.92 Å². The fraction of sp³-hybridized carbons (Fsp3) is 0.422. The number of esters is 7. The Morgan fingerprint density at radius 2 is 0.610 bits per heavy atom. The molecule has 2 heterocycles. The zero-order chi connectivity index (χ0) is 58.0. The first-order valence-electron chi connectivity index (χ1n) is 21.3. The lowest BCUT2D eigenvalue weighted by Gasteiger charge is -2.48. The molecule has 10 atom stereocenters. The molecule has 18 nitrogen and oxygen atoms in total. The van der Waals surface area contributed by atoms with Crippen LogP contribution in [-0.2, 0) is 80.9 Å². The lowest BCUT2D eigenvalue weighted by atomic mass is 9.84. The topological polar surface area (TPSA) is 221 Å². The normalized spacial score (nSPS) is 23.1. The molecule has 1 radical (unpaired) electrons. The van der Waals surface area contributed by atoms with Crippen LogP contribution in [0.3, 0.4) is 0 Å². The largest absolute Gasteiger partial charge is 0.463 e. The number of carbonyl (C=O) groups is 7. The molecular formula is C45H35Cl14O18. The number of ether oxygens (including phenoxy) is 11. The molecule has 421 valence electrons. The second kappa shape index (κ2) is 27.6. The van der Waals surface area contributed by atoms with Crippen LogP contribution in [0.15, 0.2) is 0 Å². The molecule has 3 aromatic rings. The standard InChI is InChI=1S/C45H35Cl14O18/c1-10(60)67-8-17-37(69-12(3)62)40(70-13(4)63)42(72-15(6)65)44(74-17)76-38-18(9-68-11(2)61)75-45(43(73-16(7)66)41(38)71-14(5)64)77-39-35(58)27(50)22(28(51)36(39)59)19(20-23(46)29(52)33(56)30(53)24(20)47)21-25(48)31(54)34(57)32(55)26(21)49/h17-18,37-38,40-45H,8-9H2,1-7H3/t17-,18-,37-,38-,40+,41+,42-,43-,44-,45+/m1/s1. The van der Waals surface area contributed by atoms with Crippen LogP contribution in [0.5, 0.6) is 5.75 Å². The van der Waals surface area contributed by atoms with E-state index in [1.54, 1.807) is 0 Å². The third kappa shape index (κ3) is 14.9. The molecule has 77 heavy (non-hydrogen) atoms. The number of hydrogen-bond acceptors (Lipinski definition) is 18. The molecular weight excluding hydrogens is 1320 g/mol. The average molecular weight is 1360 g/mol. The first-order chi connectivity index (χ1) is 35.8. The quantitative estimate of drug-likeness (QED) is 0.0428. The molecule has 5 rings (SSSR count). The van der Waals surface area contributed by atoms with Gasteiger partial charge in [-0.25, -0.2) is 0 Å². The van der Waals surface area contributed by atoms with Gasteiger partial charge in [-0.3, -0.25) is 33.6 Å². The molecule has 2 saturated heterocycles. The molecule has 0 spiro atoms. The number of halogens is 14. The van der Waals surface area contributed by atoms with E-state index >= 15 is 0 Å². The second-order valence-corrected chi connectivity index (χ2v) is 21.3. The Morgan fingerprint density at radius 1 is 0.338 bits per heavy atom. The van der Waals surface area contributed by atoms with Crippen LogP contribution < -0.4 is 4.74 Å². The predicted octanol–water partition coefficient (Wildman–Crippen LogP) is 12.9. The molecule has 0 bridgehead atoms. The molecule has 2 aliphatic heterocycles. The van der Waals surface area contributed by atoms with Gasteiger partial charge in [0, 0.05) is 65.2 Å². The summed E-state index contributed by atoms with van der Waals surface area (Å²) < 4.78 is 63.5. The Labute approximate surface area is 507 Å². The van der Waals surface area contributed by atoms with Gasteiger partial charge in [0.15, 0.2) is 36.5 Å². The summed E-state index contributed by atoms with van der Waals surface area (Å²) in [6.45, 7) is 5.39. The number of carbonyl (C=O) groups excluding carboxylic acids is 7. The minimum atomic E-state index is -2.06. The molecule has 0 aromatic heterocycles.